The van der Waals surface area contributed by atoms with Crippen molar-refractivity contribution in [1.82, 2.24) is 36.4 Å². The Bertz CT molecular complexity index is 1860. The van der Waals surface area contributed by atoms with E-state index in [2.05, 4.69) is 26.6 Å². The van der Waals surface area contributed by atoms with Crippen LogP contribution in [0.3, 0.4) is 0 Å². The molecule has 2 aliphatic carbocycles. The van der Waals surface area contributed by atoms with Crippen LogP contribution >= 0.6 is 23.2 Å². The molecule has 14 nitrogen and oxygen atoms in total. The third-order valence-corrected chi connectivity index (χ3v) is 13.1. The lowest BCUT2D eigenvalue weighted by molar-refractivity contribution is -0.230. The zero-order valence-corrected chi connectivity index (χ0v) is 38.8. The summed E-state index contributed by atoms with van der Waals surface area (Å²) in [5.74, 6) is -5.60. The highest BCUT2D eigenvalue weighted by Gasteiger charge is 2.60. The van der Waals surface area contributed by atoms with Gasteiger partial charge in [0.05, 0.1) is 0 Å². The van der Waals surface area contributed by atoms with Crippen molar-refractivity contribution in [3.8, 4) is 0 Å². The van der Waals surface area contributed by atoms with Gasteiger partial charge in [-0.25, -0.2) is 0 Å². The third-order valence-electron chi connectivity index (χ3n) is 12.5. The summed E-state index contributed by atoms with van der Waals surface area (Å²) < 4.78 is 43.1. The summed E-state index contributed by atoms with van der Waals surface area (Å²) in [6, 6.07) is -1.36. The quantitative estimate of drug-likeness (QED) is 0.190. The summed E-state index contributed by atoms with van der Waals surface area (Å²) in [5, 5.41) is 14.1. The highest BCUT2D eigenvalue weighted by Crippen LogP contribution is 2.49. The SMILES string of the molecule is CC[C@H](NC(=O)C1(C(F)(F)F)CCCCC1)C(=O)N[C@H](C(=O)N(C)[C@H]1CCCCNC(=O)C(C)(C)NC(=O)[C@H](Cc2cc(Cl)ccc2Cl)N(C)C(=O)[C@H](CC(C)C)NC1=O)C1CC1. The second-order valence-corrected chi connectivity index (χ2v) is 19.2. The second kappa shape index (κ2) is 21.7. The molecule has 0 unspecified atom stereocenters. The number of nitrogens with zero attached hydrogens (tertiary/aromatic N) is 2. The van der Waals surface area contributed by atoms with Crippen LogP contribution in [0.15, 0.2) is 18.2 Å². The van der Waals surface area contributed by atoms with Crippen LogP contribution in [0, 0.1) is 17.3 Å². The zero-order valence-electron chi connectivity index (χ0n) is 37.3. The molecule has 0 aromatic heterocycles. The van der Waals surface area contributed by atoms with Gasteiger partial charge in [0.15, 0.2) is 0 Å². The first-order valence-electron chi connectivity index (χ1n) is 22.0. The van der Waals surface area contributed by atoms with Crippen LogP contribution in [-0.4, -0.2) is 114 Å². The standard InChI is InChI=1S/C44H64Cl2F3N7O7/c1-8-30(52-41(63)43(44(47,48)49)19-11-9-12-20-43)35(57)53-34(26-15-16-26)39(61)55(6)32-14-10-13-21-50-40(62)42(4,5)54-37(59)33(24-27-23-28(45)17-18-29(27)46)56(7)38(60)31(22-25(2)3)51-36(32)58/h17-18,23,25-26,30-34H,8-16,19-22,24H2,1-7H3,(H,50,62)(H,51,58)(H,52,63)(H,53,57)(H,54,59)/t30-,31-,32-,33-,34-/m0/s1. The number of amides is 7. The fourth-order valence-electron chi connectivity index (χ4n) is 8.39. The fourth-order valence-corrected chi connectivity index (χ4v) is 8.78. The van der Waals surface area contributed by atoms with E-state index in [1.54, 1.807) is 25.1 Å². The molecule has 1 aliphatic heterocycles. The molecular weight excluding hydrogens is 866 g/mol. The lowest BCUT2D eigenvalue weighted by atomic mass is 9.72. The molecule has 19 heteroatoms. The molecular formula is C44H64Cl2F3N7O7. The molecule has 352 valence electrons. The van der Waals surface area contributed by atoms with Crippen LogP contribution < -0.4 is 26.6 Å². The number of hydrogen-bond acceptors (Lipinski definition) is 7. The van der Waals surface area contributed by atoms with Crippen molar-refractivity contribution in [3.05, 3.63) is 33.8 Å². The van der Waals surface area contributed by atoms with E-state index >= 15 is 0 Å². The van der Waals surface area contributed by atoms with Crippen molar-refractivity contribution in [1.29, 1.82) is 0 Å². The maximum absolute atomic E-state index is 14.5. The Balaban J connectivity index is 1.63. The van der Waals surface area contributed by atoms with Crippen molar-refractivity contribution in [2.24, 2.45) is 17.3 Å². The topological polar surface area (TPSA) is 186 Å². The first-order valence-corrected chi connectivity index (χ1v) is 22.8. The Morgan fingerprint density at radius 1 is 0.952 bits per heavy atom. The first kappa shape index (κ1) is 51.5. The van der Waals surface area contributed by atoms with Crippen molar-refractivity contribution >= 4 is 64.6 Å². The lowest BCUT2D eigenvalue weighted by Crippen LogP contribution is -2.62. The van der Waals surface area contributed by atoms with Gasteiger partial charge < -0.3 is 36.4 Å². The molecule has 1 aromatic rings. The molecule has 7 amide bonds. The predicted molar refractivity (Wildman–Crippen MR) is 232 cm³/mol. The molecule has 0 bridgehead atoms. The predicted octanol–water partition coefficient (Wildman–Crippen LogP) is 5.22. The van der Waals surface area contributed by atoms with E-state index in [0.717, 1.165) is 0 Å². The van der Waals surface area contributed by atoms with Crippen LogP contribution in [-0.2, 0) is 40.0 Å². The van der Waals surface area contributed by atoms with Crippen molar-refractivity contribution < 1.29 is 46.7 Å². The number of alkyl halides is 3. The minimum atomic E-state index is -4.81. The molecule has 0 radical (unpaired) electrons. The fraction of sp³-hybridized carbons (Fsp3) is 0.705. The molecule has 1 heterocycles. The Morgan fingerprint density at radius 2 is 1.60 bits per heavy atom. The van der Waals surface area contributed by atoms with Crippen molar-refractivity contribution in [2.75, 3.05) is 20.6 Å². The van der Waals surface area contributed by atoms with E-state index in [1.807, 2.05) is 13.8 Å². The van der Waals surface area contributed by atoms with E-state index in [1.165, 1.54) is 37.7 Å². The van der Waals surface area contributed by atoms with Crippen molar-refractivity contribution in [3.63, 3.8) is 0 Å². The minimum Gasteiger partial charge on any atom is -0.354 e. The Kier molecular flexibility index (Phi) is 17.7. The maximum Gasteiger partial charge on any atom is 0.403 e. The van der Waals surface area contributed by atoms with E-state index < -0.39 is 88.7 Å². The number of halogens is 5. The van der Waals surface area contributed by atoms with Gasteiger partial charge in [-0.3, -0.25) is 33.6 Å². The molecule has 1 aromatic carbocycles. The van der Waals surface area contributed by atoms with Gasteiger partial charge in [-0.2, -0.15) is 13.2 Å². The van der Waals surface area contributed by atoms with Gasteiger partial charge in [0.25, 0.3) is 0 Å². The summed E-state index contributed by atoms with van der Waals surface area (Å²) in [4.78, 5) is 100. The molecule has 0 spiro atoms. The Hall–Kier alpha value is -4.12. The van der Waals surface area contributed by atoms with Gasteiger partial charge in [-0.05, 0) is 107 Å². The van der Waals surface area contributed by atoms with Crippen LogP contribution in [0.5, 0.6) is 0 Å². The van der Waals surface area contributed by atoms with Gasteiger partial charge in [-0.15, -0.1) is 0 Å². The third kappa shape index (κ3) is 13.0. The van der Waals surface area contributed by atoms with Gasteiger partial charge in [0.1, 0.15) is 41.2 Å². The van der Waals surface area contributed by atoms with Gasteiger partial charge in [0, 0.05) is 37.1 Å². The molecule has 3 fully saturated rings. The van der Waals surface area contributed by atoms with Crippen LogP contribution in [0.4, 0.5) is 13.2 Å². The summed E-state index contributed by atoms with van der Waals surface area (Å²) in [5.41, 5.74) is -3.56. The van der Waals surface area contributed by atoms with E-state index in [-0.39, 0.29) is 69.7 Å². The molecule has 2 saturated carbocycles. The number of benzene rings is 1. The van der Waals surface area contributed by atoms with Crippen molar-refractivity contribution in [2.45, 2.75) is 160 Å². The summed E-state index contributed by atoms with van der Waals surface area (Å²) >= 11 is 12.8. The summed E-state index contributed by atoms with van der Waals surface area (Å²) in [6.45, 7) is 8.50. The van der Waals surface area contributed by atoms with Crippen LogP contribution in [0.1, 0.15) is 117 Å². The normalized spacial score (nSPS) is 23.8. The molecule has 3 aliphatic rings. The van der Waals surface area contributed by atoms with E-state index in [4.69, 9.17) is 23.2 Å². The average molecular weight is 931 g/mol. The first-order chi connectivity index (χ1) is 29.4. The largest absolute Gasteiger partial charge is 0.403 e. The zero-order chi connectivity index (χ0) is 47.0. The number of carbonyl (C=O) groups is 7. The van der Waals surface area contributed by atoms with Crippen LogP contribution in [0.2, 0.25) is 10.0 Å². The van der Waals surface area contributed by atoms with Crippen LogP contribution in [0.25, 0.3) is 0 Å². The number of nitrogens with one attached hydrogen (secondary N) is 5. The van der Waals surface area contributed by atoms with Gasteiger partial charge >= 0.3 is 6.18 Å². The molecule has 1 saturated heterocycles. The maximum atomic E-state index is 14.5. The smallest absolute Gasteiger partial charge is 0.354 e. The van der Waals surface area contributed by atoms with Gasteiger partial charge in [-0.1, -0.05) is 63.2 Å². The average Bonchev–Trinajstić information content (AvgIpc) is 4.06. The summed E-state index contributed by atoms with van der Waals surface area (Å²) in [7, 11) is 2.83. The number of likely N-dealkylation sites (N-methyl/N-ethyl adjacent to an activating group) is 2. The number of rotatable bonds is 12. The highest BCUT2D eigenvalue weighted by molar-refractivity contribution is 6.33. The number of hydrogen-bond donors (Lipinski definition) is 5. The number of carbonyl (C=O) groups excluding carboxylic acids is 7. The minimum absolute atomic E-state index is 0.0416. The van der Waals surface area contributed by atoms with Gasteiger partial charge in [0.2, 0.25) is 41.4 Å². The highest BCUT2D eigenvalue weighted by atomic mass is 35.5. The van der Waals surface area contributed by atoms with E-state index in [0.29, 0.717) is 47.7 Å². The Labute approximate surface area is 378 Å². The molecule has 63 heavy (non-hydrogen) atoms. The monoisotopic (exact) mass is 929 g/mol. The molecule has 5 atom stereocenters. The second-order valence-electron chi connectivity index (χ2n) is 18.3. The molecule has 5 N–H and O–H groups in total. The Morgan fingerprint density at radius 3 is 2.19 bits per heavy atom. The molecule has 4 rings (SSSR count). The van der Waals surface area contributed by atoms with E-state index in [9.17, 15) is 46.7 Å². The summed E-state index contributed by atoms with van der Waals surface area (Å²) in [6.07, 6.45) is -2.62. The lowest BCUT2D eigenvalue weighted by Gasteiger charge is -2.38.